The van der Waals surface area contributed by atoms with Gasteiger partial charge in [0.1, 0.15) is 16.0 Å². The molecule has 1 aromatic carbocycles. The number of alkyl halides is 2. The molecule has 0 saturated heterocycles. The van der Waals surface area contributed by atoms with E-state index in [1.165, 1.54) is 18.2 Å². The van der Waals surface area contributed by atoms with E-state index in [0.29, 0.717) is 0 Å². The first-order valence-electron chi connectivity index (χ1n) is 4.88. The fourth-order valence-corrected chi connectivity index (χ4v) is 3.54. The van der Waals surface area contributed by atoms with Crippen molar-refractivity contribution in [2.45, 2.75) is 7.96 Å². The van der Waals surface area contributed by atoms with E-state index in [4.69, 9.17) is 0 Å². The number of hydrogen-bond donors (Lipinski definition) is 1. The molecule has 1 N–H and O–H groups in total. The minimum absolute atomic E-state index is 0. The fraction of sp³-hybridized carbons (Fsp3) is 0.222. The van der Waals surface area contributed by atoms with Crippen LogP contribution in [0.2, 0.25) is 0 Å². The first-order valence-corrected chi connectivity index (χ1v) is 9.83. The second-order valence-corrected chi connectivity index (χ2v) is 11.3. The Morgan fingerprint density at radius 2 is 1.81 bits per heavy atom. The summed E-state index contributed by atoms with van der Waals surface area (Å²) >= 11 is 5.72. The molecule has 0 saturated carbocycles. The van der Waals surface area contributed by atoms with Gasteiger partial charge in [0, 0.05) is 5.56 Å². The van der Waals surface area contributed by atoms with Crippen molar-refractivity contribution >= 4 is 57.7 Å². The van der Waals surface area contributed by atoms with Crippen molar-refractivity contribution in [2.24, 2.45) is 0 Å². The molecule has 1 aromatic rings. The minimum atomic E-state index is -4.59. The molecular weight excluding hydrogens is 465 g/mol. The molecule has 0 bridgehead atoms. The van der Waals surface area contributed by atoms with E-state index in [-0.39, 0.29) is 40.0 Å². The maximum atomic E-state index is 11.9. The molecule has 0 aliphatic carbocycles. The molecule has 0 fully saturated rings. The Labute approximate surface area is 161 Å². The number of rotatable bonds is 5. The molecule has 12 heteroatoms. The van der Waals surface area contributed by atoms with E-state index in [0.717, 1.165) is 6.07 Å². The fourth-order valence-electron chi connectivity index (χ4n) is 1.17. The molecular formula is C9H8Br2NNaO6S2. The van der Waals surface area contributed by atoms with Crippen LogP contribution in [0.15, 0.2) is 29.2 Å². The van der Waals surface area contributed by atoms with Crippen molar-refractivity contribution in [3.05, 3.63) is 29.8 Å². The number of hydrogen-bond acceptors (Lipinski definition) is 6. The monoisotopic (exact) mass is 471 g/mol. The Morgan fingerprint density at radius 1 is 1.24 bits per heavy atom. The smallest absolute Gasteiger partial charge is 0.747 e. The van der Waals surface area contributed by atoms with Crippen LogP contribution in [0.3, 0.4) is 0 Å². The summed E-state index contributed by atoms with van der Waals surface area (Å²) in [7, 11) is -8.30. The molecule has 0 unspecified atom stereocenters. The van der Waals surface area contributed by atoms with E-state index in [1.807, 2.05) is 5.32 Å². The quantitative estimate of drug-likeness (QED) is 0.294. The number of carbonyl (C=O) groups is 1. The van der Waals surface area contributed by atoms with Gasteiger partial charge >= 0.3 is 29.6 Å². The van der Waals surface area contributed by atoms with Gasteiger partial charge in [0.15, 0.2) is 3.07 Å². The number of nitrogens with one attached hydrogen (secondary N) is 1. The van der Waals surface area contributed by atoms with Gasteiger partial charge in [-0.25, -0.2) is 16.8 Å². The molecule has 112 valence electrons. The molecule has 0 heterocycles. The third-order valence-corrected chi connectivity index (χ3v) is 6.90. The Kier molecular flexibility index (Phi) is 8.59. The van der Waals surface area contributed by atoms with Crippen molar-refractivity contribution in [1.29, 1.82) is 0 Å². The van der Waals surface area contributed by atoms with Crippen LogP contribution in [0.4, 0.5) is 0 Å². The Morgan fingerprint density at radius 3 is 2.29 bits per heavy atom. The van der Waals surface area contributed by atoms with E-state index in [1.54, 1.807) is 0 Å². The Bertz CT molecular complexity index is 720. The SMILES string of the molecule is O=C(NCS(=O)(=O)[O-])c1cccc(S(=O)(=O)C(Br)Br)c1.[Na+]. The van der Waals surface area contributed by atoms with Gasteiger partial charge in [-0.3, -0.25) is 4.79 Å². The van der Waals surface area contributed by atoms with Crippen LogP contribution in [0.1, 0.15) is 10.4 Å². The molecule has 1 amide bonds. The largest absolute Gasteiger partial charge is 1.00 e. The summed E-state index contributed by atoms with van der Waals surface area (Å²) in [5, 5.41) is 1.89. The van der Waals surface area contributed by atoms with Crippen LogP contribution in [-0.2, 0) is 20.0 Å². The summed E-state index contributed by atoms with van der Waals surface area (Å²) in [5.74, 6) is -1.93. The van der Waals surface area contributed by atoms with Gasteiger partial charge in [0.2, 0.25) is 9.84 Å². The molecule has 21 heavy (non-hydrogen) atoms. The molecule has 0 spiro atoms. The van der Waals surface area contributed by atoms with Crippen LogP contribution in [0.5, 0.6) is 0 Å². The van der Waals surface area contributed by atoms with Crippen molar-refractivity contribution in [3.8, 4) is 0 Å². The molecule has 0 aliphatic heterocycles. The van der Waals surface area contributed by atoms with Crippen molar-refractivity contribution in [2.75, 3.05) is 5.88 Å². The molecule has 0 radical (unpaired) electrons. The van der Waals surface area contributed by atoms with Crippen LogP contribution in [0, 0.1) is 0 Å². The van der Waals surface area contributed by atoms with Gasteiger partial charge in [0.05, 0.1) is 4.90 Å². The van der Waals surface area contributed by atoms with Crippen LogP contribution < -0.4 is 34.9 Å². The number of carbonyl (C=O) groups excluding carboxylic acids is 1. The summed E-state index contributed by atoms with van der Waals surface area (Å²) in [5.41, 5.74) is -0.0737. The number of halogens is 2. The van der Waals surface area contributed by atoms with Gasteiger partial charge in [-0.05, 0) is 18.2 Å². The van der Waals surface area contributed by atoms with Gasteiger partial charge in [0.25, 0.3) is 5.91 Å². The standard InChI is InChI=1S/C9H9Br2NO6S2.Na/c10-9(11)20(17,18)7-3-1-2-6(4-7)8(13)12-5-19(14,15)16;/h1-4,9H,5H2,(H,12,13)(H,14,15,16);/q;+1/p-1. The van der Waals surface area contributed by atoms with Crippen molar-refractivity contribution < 1.29 is 55.7 Å². The zero-order valence-corrected chi connectivity index (χ0v) is 17.4. The van der Waals surface area contributed by atoms with Gasteiger partial charge in [-0.2, -0.15) is 0 Å². The van der Waals surface area contributed by atoms with E-state index in [9.17, 15) is 26.2 Å². The van der Waals surface area contributed by atoms with Crippen LogP contribution in [0.25, 0.3) is 0 Å². The molecule has 1 rings (SSSR count). The molecule has 0 aromatic heterocycles. The summed E-state index contributed by atoms with van der Waals surface area (Å²) in [6, 6.07) is 4.99. The maximum absolute atomic E-state index is 11.9. The van der Waals surface area contributed by atoms with Crippen molar-refractivity contribution in [1.82, 2.24) is 5.32 Å². The molecule has 0 aliphatic rings. The molecule has 7 nitrogen and oxygen atoms in total. The number of sulfone groups is 1. The first-order chi connectivity index (χ1) is 9.04. The van der Waals surface area contributed by atoms with E-state index < -0.39 is 34.8 Å². The zero-order valence-electron chi connectivity index (χ0n) is 10.6. The Balaban J connectivity index is 0.00000400. The summed E-state index contributed by atoms with van der Waals surface area (Å²) in [6.45, 7) is 0. The predicted molar refractivity (Wildman–Crippen MR) is 77.3 cm³/mol. The van der Waals surface area contributed by atoms with Crippen LogP contribution >= 0.6 is 31.9 Å². The number of benzene rings is 1. The Hall–Kier alpha value is 0.510. The predicted octanol–water partition coefficient (Wildman–Crippen LogP) is -2.23. The third-order valence-electron chi connectivity index (χ3n) is 2.07. The second kappa shape index (κ2) is 8.39. The zero-order chi connectivity index (χ0) is 15.6. The second-order valence-electron chi connectivity index (χ2n) is 3.54. The number of amides is 1. The average molecular weight is 473 g/mol. The molecule has 0 atom stereocenters. The third kappa shape index (κ3) is 6.65. The summed E-state index contributed by atoms with van der Waals surface area (Å²) in [4.78, 5) is 11.5. The first kappa shape index (κ1) is 21.5. The minimum Gasteiger partial charge on any atom is -0.747 e. The summed E-state index contributed by atoms with van der Waals surface area (Å²) < 4.78 is 53.9. The van der Waals surface area contributed by atoms with Crippen molar-refractivity contribution in [3.63, 3.8) is 0 Å². The van der Waals surface area contributed by atoms with Gasteiger partial charge in [-0.15, -0.1) is 0 Å². The van der Waals surface area contributed by atoms with E-state index in [2.05, 4.69) is 31.9 Å². The average Bonchev–Trinajstić information content (AvgIpc) is 2.35. The topological polar surface area (TPSA) is 120 Å². The van der Waals surface area contributed by atoms with Crippen LogP contribution in [-0.4, -0.2) is 36.2 Å². The maximum Gasteiger partial charge on any atom is 1.00 e. The summed E-state index contributed by atoms with van der Waals surface area (Å²) in [6.07, 6.45) is 0. The normalized spacial score (nSPS) is 11.8. The van der Waals surface area contributed by atoms with Gasteiger partial charge in [-0.1, -0.05) is 37.9 Å². The van der Waals surface area contributed by atoms with Gasteiger partial charge < -0.3 is 9.87 Å². The van der Waals surface area contributed by atoms with E-state index >= 15 is 0 Å².